The topological polar surface area (TPSA) is 25.8 Å². The quantitative estimate of drug-likeness (QED) is 0.102. The Balaban J connectivity index is 0.000000198. The SMILES string of the molecule is CCCC[C@H]1CC[C@H](CCc2ccc(-c3ccc(F)nc3F)cc2)CC1.CCC[C@H]1CC[C@H](CCc2ccc(-c3ccc(F)nc3F)cc2)CC1. The number of rotatable bonds is 13. The zero-order valence-electron chi connectivity index (χ0n) is 30.7. The van der Waals surface area contributed by atoms with E-state index >= 15 is 0 Å². The number of hydrogen-bond acceptors (Lipinski definition) is 2. The van der Waals surface area contributed by atoms with Crippen LogP contribution in [-0.4, -0.2) is 9.97 Å². The van der Waals surface area contributed by atoms with Crippen LogP contribution in [0.2, 0.25) is 0 Å². The molecule has 2 saturated carbocycles. The van der Waals surface area contributed by atoms with Gasteiger partial charge in [0.15, 0.2) is 0 Å². The van der Waals surface area contributed by atoms with E-state index in [-0.39, 0.29) is 0 Å². The van der Waals surface area contributed by atoms with Crippen molar-refractivity contribution < 1.29 is 17.6 Å². The van der Waals surface area contributed by atoms with Gasteiger partial charge in [0.2, 0.25) is 23.8 Å². The number of nitrogens with zero attached hydrogens (tertiary/aromatic N) is 2. The molecule has 274 valence electrons. The van der Waals surface area contributed by atoms with Crippen LogP contribution >= 0.6 is 0 Å². The monoisotopic (exact) mass is 700 g/mol. The number of unbranched alkanes of at least 4 members (excludes halogenated alkanes) is 1. The van der Waals surface area contributed by atoms with Crippen molar-refractivity contribution in [2.24, 2.45) is 23.7 Å². The Bertz CT molecular complexity index is 1600. The first-order valence-corrected chi connectivity index (χ1v) is 19.6. The smallest absolute Gasteiger partial charge is 0.190 e. The zero-order valence-corrected chi connectivity index (χ0v) is 30.7. The van der Waals surface area contributed by atoms with Gasteiger partial charge in [0.1, 0.15) is 0 Å². The maximum Gasteiger partial charge on any atom is 0.223 e. The number of pyridine rings is 2. The summed E-state index contributed by atoms with van der Waals surface area (Å²) in [5.74, 6) is 0.551. The molecule has 2 aliphatic carbocycles. The summed E-state index contributed by atoms with van der Waals surface area (Å²) in [7, 11) is 0. The zero-order chi connectivity index (χ0) is 36.0. The van der Waals surface area contributed by atoms with Crippen LogP contribution in [0.3, 0.4) is 0 Å². The highest BCUT2D eigenvalue weighted by Gasteiger charge is 2.21. The molecule has 0 saturated heterocycles. The fourth-order valence-electron chi connectivity index (χ4n) is 8.22. The number of hydrogen-bond donors (Lipinski definition) is 0. The van der Waals surface area contributed by atoms with Crippen molar-refractivity contribution in [2.45, 2.75) is 123 Å². The van der Waals surface area contributed by atoms with Crippen LogP contribution in [0.4, 0.5) is 17.6 Å². The molecule has 0 spiro atoms. The Morgan fingerprint density at radius 3 is 1.18 bits per heavy atom. The van der Waals surface area contributed by atoms with Crippen LogP contribution in [-0.2, 0) is 12.8 Å². The van der Waals surface area contributed by atoms with Crippen LogP contribution in [0.5, 0.6) is 0 Å². The maximum absolute atomic E-state index is 13.8. The van der Waals surface area contributed by atoms with E-state index < -0.39 is 23.8 Å². The van der Waals surface area contributed by atoms with E-state index in [2.05, 4.69) is 48.1 Å². The Labute approximate surface area is 303 Å². The lowest BCUT2D eigenvalue weighted by molar-refractivity contribution is 0.250. The molecule has 51 heavy (non-hydrogen) atoms. The second-order valence-electron chi connectivity index (χ2n) is 15.1. The summed E-state index contributed by atoms with van der Waals surface area (Å²) in [5, 5.41) is 0. The normalized spacial score (nSPS) is 20.4. The molecule has 6 rings (SSSR count). The van der Waals surface area contributed by atoms with Crippen LogP contribution < -0.4 is 0 Å². The second-order valence-corrected chi connectivity index (χ2v) is 15.1. The molecule has 2 aromatic carbocycles. The molecule has 2 heterocycles. The van der Waals surface area contributed by atoms with Gasteiger partial charge in [0.25, 0.3) is 0 Å². The Morgan fingerprint density at radius 1 is 0.451 bits per heavy atom. The summed E-state index contributed by atoms with van der Waals surface area (Å²) >= 11 is 0. The number of aromatic nitrogens is 2. The lowest BCUT2D eigenvalue weighted by Gasteiger charge is -2.28. The van der Waals surface area contributed by atoms with Crippen LogP contribution in [0.1, 0.15) is 121 Å². The summed E-state index contributed by atoms with van der Waals surface area (Å²) < 4.78 is 53.4. The van der Waals surface area contributed by atoms with E-state index in [1.165, 1.54) is 132 Å². The van der Waals surface area contributed by atoms with Crippen molar-refractivity contribution in [1.82, 2.24) is 9.97 Å². The second kappa shape index (κ2) is 19.9. The van der Waals surface area contributed by atoms with E-state index in [1.54, 1.807) is 0 Å². The largest absolute Gasteiger partial charge is 0.223 e. The molecule has 0 N–H and O–H groups in total. The molecule has 2 nitrogen and oxygen atoms in total. The van der Waals surface area contributed by atoms with E-state index in [1.807, 2.05) is 24.3 Å². The minimum Gasteiger partial charge on any atom is -0.190 e. The highest BCUT2D eigenvalue weighted by Crippen LogP contribution is 2.35. The van der Waals surface area contributed by atoms with Gasteiger partial charge in [-0.3, -0.25) is 0 Å². The van der Waals surface area contributed by atoms with E-state index in [4.69, 9.17) is 0 Å². The molecular weight excluding hydrogens is 645 g/mol. The van der Waals surface area contributed by atoms with Crippen molar-refractivity contribution in [1.29, 1.82) is 0 Å². The Kier molecular flexibility index (Phi) is 15.1. The molecule has 2 aliphatic rings. The third-order valence-corrected chi connectivity index (χ3v) is 11.4. The molecule has 2 aromatic heterocycles. The molecule has 0 amide bonds. The fourth-order valence-corrected chi connectivity index (χ4v) is 8.22. The van der Waals surface area contributed by atoms with E-state index in [9.17, 15) is 17.6 Å². The standard InChI is InChI=1S/C23H29F2N.C22H27F2N/c1-2-3-4-17-5-7-18(8-6-17)9-10-19-11-13-20(14-12-19)21-15-16-22(24)26-23(21)25;1-2-3-16-4-6-17(7-5-16)8-9-18-10-12-19(13-11-18)20-14-15-21(23)25-22(20)24/h11-18H,2-10H2,1H3;10-17H,2-9H2,1H3/t17-,18-;16-,17-. The van der Waals surface area contributed by atoms with Gasteiger partial charge in [0.05, 0.1) is 0 Å². The van der Waals surface area contributed by atoms with Crippen LogP contribution in [0.25, 0.3) is 22.3 Å². The maximum atomic E-state index is 13.8. The van der Waals surface area contributed by atoms with E-state index in [0.29, 0.717) is 11.1 Å². The van der Waals surface area contributed by atoms with Gasteiger partial charge in [-0.25, -0.2) is 0 Å². The van der Waals surface area contributed by atoms with Gasteiger partial charge in [-0.2, -0.15) is 27.5 Å². The first-order chi connectivity index (χ1) is 24.8. The lowest BCUT2D eigenvalue weighted by atomic mass is 9.78. The average molecular weight is 701 g/mol. The minimum absolute atomic E-state index is 0.349. The van der Waals surface area contributed by atoms with Crippen molar-refractivity contribution in [3.8, 4) is 22.3 Å². The summed E-state index contributed by atoms with van der Waals surface area (Å²) in [5.41, 5.74) is 4.77. The molecular formula is C45H56F4N2. The summed E-state index contributed by atoms with van der Waals surface area (Å²) in [4.78, 5) is 6.52. The lowest BCUT2D eigenvalue weighted by Crippen LogP contribution is -2.15. The summed E-state index contributed by atoms with van der Waals surface area (Å²) in [6.45, 7) is 4.56. The average Bonchev–Trinajstić information content (AvgIpc) is 3.14. The predicted octanol–water partition coefficient (Wildman–Crippen LogP) is 13.5. The van der Waals surface area contributed by atoms with Gasteiger partial charge in [-0.15, -0.1) is 0 Å². The molecule has 6 heteroatoms. The number of halogens is 4. The number of aryl methyl sites for hydroxylation is 2. The van der Waals surface area contributed by atoms with Crippen molar-refractivity contribution in [3.63, 3.8) is 0 Å². The number of benzene rings is 2. The van der Waals surface area contributed by atoms with Crippen molar-refractivity contribution in [2.75, 3.05) is 0 Å². The minimum atomic E-state index is -0.786. The third kappa shape index (κ3) is 12.0. The first kappa shape index (κ1) is 38.7. The van der Waals surface area contributed by atoms with Gasteiger partial charge in [-0.05, 0) is 95.9 Å². The Morgan fingerprint density at radius 2 is 0.824 bits per heavy atom. The molecule has 4 aromatic rings. The van der Waals surface area contributed by atoms with Gasteiger partial charge >= 0.3 is 0 Å². The molecule has 0 unspecified atom stereocenters. The molecule has 0 atom stereocenters. The predicted molar refractivity (Wildman–Crippen MR) is 201 cm³/mol. The Hall–Kier alpha value is -3.54. The molecule has 0 aliphatic heterocycles. The van der Waals surface area contributed by atoms with Gasteiger partial charge in [-0.1, -0.05) is 146 Å². The summed E-state index contributed by atoms with van der Waals surface area (Å²) in [6, 6.07) is 21.2. The molecule has 0 bridgehead atoms. The summed E-state index contributed by atoms with van der Waals surface area (Å²) in [6.07, 6.45) is 22.5. The van der Waals surface area contributed by atoms with E-state index in [0.717, 1.165) is 47.6 Å². The van der Waals surface area contributed by atoms with Crippen LogP contribution in [0.15, 0.2) is 72.8 Å². The fraction of sp³-hybridized carbons (Fsp3) is 0.511. The highest BCUT2D eigenvalue weighted by atomic mass is 19.1. The van der Waals surface area contributed by atoms with Crippen molar-refractivity contribution >= 4 is 0 Å². The first-order valence-electron chi connectivity index (χ1n) is 19.6. The van der Waals surface area contributed by atoms with Gasteiger partial charge in [0, 0.05) is 11.1 Å². The molecule has 2 fully saturated rings. The third-order valence-electron chi connectivity index (χ3n) is 11.4. The van der Waals surface area contributed by atoms with Crippen LogP contribution in [0, 0.1) is 47.5 Å². The highest BCUT2D eigenvalue weighted by molar-refractivity contribution is 5.64. The molecule has 0 radical (unpaired) electrons. The van der Waals surface area contributed by atoms with Crippen molar-refractivity contribution in [3.05, 3.63) is 108 Å². The van der Waals surface area contributed by atoms with Gasteiger partial charge < -0.3 is 0 Å².